The summed E-state index contributed by atoms with van der Waals surface area (Å²) >= 11 is 0. The monoisotopic (exact) mass is 266 g/mol. The lowest BCUT2D eigenvalue weighted by Crippen LogP contribution is -2.30. The molecule has 0 aromatic heterocycles. The Labute approximate surface area is 116 Å². The van der Waals surface area contributed by atoms with Gasteiger partial charge < -0.3 is 0 Å². The van der Waals surface area contributed by atoms with Crippen molar-refractivity contribution in [2.24, 2.45) is 38.2 Å². The first-order valence-corrected chi connectivity index (χ1v) is 6.61. The molecule has 0 aromatic rings. The lowest BCUT2D eigenvalue weighted by atomic mass is 10.3. The molecule has 6 heteroatoms. The first-order valence-electron chi connectivity index (χ1n) is 6.61. The minimum atomic E-state index is 0.350. The van der Waals surface area contributed by atoms with Crippen LogP contribution in [0.1, 0.15) is 41.5 Å². The molecule has 0 rings (SSSR count). The van der Waals surface area contributed by atoms with E-state index in [2.05, 4.69) is 31.3 Å². The third-order valence-corrected chi connectivity index (χ3v) is 1.61. The Kier molecular flexibility index (Phi) is 9.30. The SMILES string of the molecule is CC(C)/C=N\N=C(N/N=C\C(C)C)N/N=C\C(C)C. The van der Waals surface area contributed by atoms with Crippen LogP contribution in [0.25, 0.3) is 0 Å². The van der Waals surface area contributed by atoms with Crippen molar-refractivity contribution in [1.82, 2.24) is 10.9 Å². The lowest BCUT2D eigenvalue weighted by Gasteiger charge is -2.03. The van der Waals surface area contributed by atoms with E-state index in [9.17, 15) is 0 Å². The highest BCUT2D eigenvalue weighted by Gasteiger charge is 1.95. The normalized spacial score (nSPS) is 12.5. The number of nitrogens with one attached hydrogen (secondary N) is 2. The van der Waals surface area contributed by atoms with E-state index < -0.39 is 0 Å². The predicted octanol–water partition coefficient (Wildman–Crippen LogP) is 2.45. The van der Waals surface area contributed by atoms with E-state index in [-0.39, 0.29) is 0 Å². The topological polar surface area (TPSA) is 73.5 Å². The largest absolute Gasteiger partial charge is 0.257 e. The number of hydrazone groups is 2. The number of nitrogens with zero attached hydrogens (tertiary/aromatic N) is 4. The maximum Gasteiger partial charge on any atom is 0.257 e. The van der Waals surface area contributed by atoms with Crippen LogP contribution in [-0.2, 0) is 0 Å². The van der Waals surface area contributed by atoms with Gasteiger partial charge in [-0.2, -0.15) is 15.3 Å². The molecule has 0 saturated carbocycles. The Morgan fingerprint density at radius 3 is 1.53 bits per heavy atom. The van der Waals surface area contributed by atoms with Gasteiger partial charge in [0.25, 0.3) is 5.96 Å². The van der Waals surface area contributed by atoms with Crippen LogP contribution >= 0.6 is 0 Å². The molecular formula is C13H26N6. The molecule has 0 aromatic carbocycles. The van der Waals surface area contributed by atoms with Crippen LogP contribution in [0.5, 0.6) is 0 Å². The Balaban J connectivity index is 4.54. The highest BCUT2D eigenvalue weighted by Crippen LogP contribution is 1.87. The van der Waals surface area contributed by atoms with E-state index in [1.807, 2.05) is 41.5 Å². The quantitative estimate of drug-likeness (QED) is 0.440. The Morgan fingerprint density at radius 2 is 1.16 bits per heavy atom. The minimum Gasteiger partial charge on any atom is -0.245 e. The molecule has 108 valence electrons. The third kappa shape index (κ3) is 12.5. The molecule has 0 amide bonds. The van der Waals surface area contributed by atoms with Gasteiger partial charge in [-0.3, -0.25) is 0 Å². The molecule has 0 heterocycles. The van der Waals surface area contributed by atoms with Gasteiger partial charge in [0.05, 0.1) is 0 Å². The molecule has 0 saturated heterocycles. The van der Waals surface area contributed by atoms with Crippen molar-refractivity contribution in [3.63, 3.8) is 0 Å². The number of rotatable bonds is 6. The van der Waals surface area contributed by atoms with Crippen LogP contribution in [-0.4, -0.2) is 24.6 Å². The molecule has 0 fully saturated rings. The summed E-state index contributed by atoms with van der Waals surface area (Å²) in [5.74, 6) is 1.48. The standard InChI is InChI=1S/C13H26N6/c1-10(2)7-14-17-13(18-15-8-11(3)4)19-16-9-12(5)6/h7-12H,1-6H3,(H2,17,18,19)/b14-7-,15-8-,16-9-. The van der Waals surface area contributed by atoms with Crippen LogP contribution in [0.2, 0.25) is 0 Å². The third-order valence-electron chi connectivity index (χ3n) is 1.61. The van der Waals surface area contributed by atoms with E-state index in [1.165, 1.54) is 0 Å². The average molecular weight is 266 g/mol. The van der Waals surface area contributed by atoms with Crippen LogP contribution in [0.15, 0.2) is 20.4 Å². The summed E-state index contributed by atoms with van der Waals surface area (Å²) in [6.07, 6.45) is 5.33. The van der Waals surface area contributed by atoms with Crippen molar-refractivity contribution >= 4 is 24.6 Å². The van der Waals surface area contributed by atoms with Crippen molar-refractivity contribution in [2.45, 2.75) is 41.5 Å². The molecule has 6 nitrogen and oxygen atoms in total. The molecule has 0 atom stereocenters. The molecule has 0 bridgehead atoms. The zero-order valence-electron chi connectivity index (χ0n) is 12.8. The zero-order chi connectivity index (χ0) is 14.7. The summed E-state index contributed by atoms with van der Waals surface area (Å²) < 4.78 is 0. The fourth-order valence-corrected chi connectivity index (χ4v) is 0.789. The van der Waals surface area contributed by atoms with Gasteiger partial charge in [-0.25, -0.2) is 10.9 Å². The van der Waals surface area contributed by atoms with Gasteiger partial charge in [-0.1, -0.05) is 41.5 Å². The van der Waals surface area contributed by atoms with Crippen LogP contribution in [0, 0.1) is 17.8 Å². The van der Waals surface area contributed by atoms with E-state index in [1.54, 1.807) is 18.6 Å². The summed E-state index contributed by atoms with van der Waals surface area (Å²) in [5, 5.41) is 16.1. The summed E-state index contributed by atoms with van der Waals surface area (Å²) in [4.78, 5) is 0. The van der Waals surface area contributed by atoms with Crippen LogP contribution < -0.4 is 10.9 Å². The van der Waals surface area contributed by atoms with Gasteiger partial charge in [-0.05, 0) is 17.8 Å². The first kappa shape index (κ1) is 17.3. The van der Waals surface area contributed by atoms with Gasteiger partial charge >= 0.3 is 0 Å². The molecule has 0 radical (unpaired) electrons. The van der Waals surface area contributed by atoms with Crippen molar-refractivity contribution in [2.75, 3.05) is 0 Å². The first-order chi connectivity index (χ1) is 8.91. The van der Waals surface area contributed by atoms with Crippen molar-refractivity contribution in [3.05, 3.63) is 0 Å². The number of guanidine groups is 1. The smallest absolute Gasteiger partial charge is 0.245 e. The summed E-state index contributed by atoms with van der Waals surface area (Å²) in [6.45, 7) is 12.2. The summed E-state index contributed by atoms with van der Waals surface area (Å²) in [7, 11) is 0. The second-order valence-electron chi connectivity index (χ2n) is 5.23. The maximum atomic E-state index is 4.05. The molecule has 0 unspecified atom stereocenters. The summed E-state index contributed by atoms with van der Waals surface area (Å²) in [5.41, 5.74) is 5.56. The van der Waals surface area contributed by atoms with Crippen molar-refractivity contribution < 1.29 is 0 Å². The average Bonchev–Trinajstić information content (AvgIpc) is 2.26. The Hall–Kier alpha value is -1.72. The molecule has 0 aliphatic carbocycles. The van der Waals surface area contributed by atoms with Crippen molar-refractivity contribution in [3.8, 4) is 0 Å². The minimum absolute atomic E-state index is 0.350. The van der Waals surface area contributed by atoms with Gasteiger partial charge in [0.15, 0.2) is 0 Å². The van der Waals surface area contributed by atoms with Gasteiger partial charge in [0.2, 0.25) is 0 Å². The van der Waals surface area contributed by atoms with Gasteiger partial charge in [0.1, 0.15) is 0 Å². The molecule has 2 N–H and O–H groups in total. The zero-order valence-corrected chi connectivity index (χ0v) is 12.8. The van der Waals surface area contributed by atoms with Gasteiger partial charge in [-0.15, -0.1) is 5.10 Å². The molecular weight excluding hydrogens is 240 g/mol. The molecule has 0 aliphatic rings. The number of hydrogen-bond donors (Lipinski definition) is 2. The highest BCUT2D eigenvalue weighted by molar-refractivity contribution is 5.81. The Morgan fingerprint density at radius 1 is 0.737 bits per heavy atom. The van der Waals surface area contributed by atoms with Crippen LogP contribution in [0.4, 0.5) is 0 Å². The predicted molar refractivity (Wildman–Crippen MR) is 83.7 cm³/mol. The summed E-state index contributed by atoms with van der Waals surface area (Å²) in [6, 6.07) is 0. The molecule has 0 aliphatic heterocycles. The lowest BCUT2D eigenvalue weighted by molar-refractivity contribution is 0.837. The second kappa shape index (κ2) is 10.2. The van der Waals surface area contributed by atoms with E-state index in [0.29, 0.717) is 23.7 Å². The van der Waals surface area contributed by atoms with Crippen LogP contribution in [0.3, 0.4) is 0 Å². The number of hydrogen-bond acceptors (Lipinski definition) is 4. The van der Waals surface area contributed by atoms with E-state index in [4.69, 9.17) is 0 Å². The van der Waals surface area contributed by atoms with Gasteiger partial charge in [0, 0.05) is 18.6 Å². The fraction of sp³-hybridized carbons (Fsp3) is 0.692. The Bertz CT molecular complexity index is 317. The molecule has 0 spiro atoms. The van der Waals surface area contributed by atoms with E-state index in [0.717, 1.165) is 0 Å². The second-order valence-corrected chi connectivity index (χ2v) is 5.23. The highest BCUT2D eigenvalue weighted by atomic mass is 15.5. The molecule has 19 heavy (non-hydrogen) atoms. The van der Waals surface area contributed by atoms with E-state index >= 15 is 0 Å². The van der Waals surface area contributed by atoms with Crippen molar-refractivity contribution in [1.29, 1.82) is 0 Å². The maximum absolute atomic E-state index is 4.05. The fourth-order valence-electron chi connectivity index (χ4n) is 0.789.